The maximum atomic E-state index is 12.5. The molecule has 0 radical (unpaired) electrons. The lowest BCUT2D eigenvalue weighted by atomic mass is 10.2. The summed E-state index contributed by atoms with van der Waals surface area (Å²) in [6, 6.07) is 15.4. The van der Waals surface area contributed by atoms with Gasteiger partial charge in [0, 0.05) is 6.08 Å². The van der Waals surface area contributed by atoms with Gasteiger partial charge in [0.15, 0.2) is 11.5 Å². The second kappa shape index (κ2) is 9.78. The van der Waals surface area contributed by atoms with E-state index in [1.54, 1.807) is 13.2 Å². The van der Waals surface area contributed by atoms with Crippen LogP contribution < -0.4 is 14.8 Å². The Hall–Kier alpha value is -3.54. The van der Waals surface area contributed by atoms with Crippen molar-refractivity contribution in [1.29, 1.82) is 0 Å². The predicted octanol–water partition coefficient (Wildman–Crippen LogP) is 4.94. The largest absolute Gasteiger partial charge is 0.493 e. The van der Waals surface area contributed by atoms with E-state index in [4.69, 9.17) is 9.47 Å². The molecule has 156 valence electrons. The fourth-order valence-electron chi connectivity index (χ4n) is 3.10. The van der Waals surface area contributed by atoms with Gasteiger partial charge in [-0.25, -0.2) is 4.68 Å². The minimum Gasteiger partial charge on any atom is -0.493 e. The molecule has 0 aliphatic heterocycles. The number of nitrogens with zero attached hydrogens (tertiary/aromatic N) is 2. The molecule has 0 fully saturated rings. The second-order valence-electron chi connectivity index (χ2n) is 6.87. The minimum atomic E-state index is -0.223. The lowest BCUT2D eigenvalue weighted by molar-refractivity contribution is -0.111. The van der Waals surface area contributed by atoms with Crippen LogP contribution >= 0.6 is 0 Å². The van der Waals surface area contributed by atoms with Crippen molar-refractivity contribution < 1.29 is 14.3 Å². The molecule has 6 heteroatoms. The zero-order valence-corrected chi connectivity index (χ0v) is 17.8. The number of benzene rings is 2. The molecular formula is C24H27N3O3. The first-order valence-corrected chi connectivity index (χ1v) is 9.95. The first-order chi connectivity index (χ1) is 14.5. The number of nitrogens with one attached hydrogen (secondary N) is 1. The van der Waals surface area contributed by atoms with E-state index in [-0.39, 0.29) is 5.91 Å². The van der Waals surface area contributed by atoms with Gasteiger partial charge in [0.1, 0.15) is 0 Å². The van der Waals surface area contributed by atoms with Gasteiger partial charge in [-0.3, -0.25) is 4.79 Å². The van der Waals surface area contributed by atoms with Crippen LogP contribution in [-0.4, -0.2) is 29.4 Å². The summed E-state index contributed by atoms with van der Waals surface area (Å²) in [5.74, 6) is 1.11. The molecule has 6 nitrogen and oxygen atoms in total. The molecule has 3 rings (SSSR count). The summed E-state index contributed by atoms with van der Waals surface area (Å²) >= 11 is 0. The number of methoxy groups -OCH3 is 1. The van der Waals surface area contributed by atoms with Crippen molar-refractivity contribution >= 4 is 17.7 Å². The minimum absolute atomic E-state index is 0.223. The van der Waals surface area contributed by atoms with Crippen molar-refractivity contribution in [2.45, 2.75) is 27.2 Å². The van der Waals surface area contributed by atoms with Crippen LogP contribution in [0.2, 0.25) is 0 Å². The van der Waals surface area contributed by atoms with E-state index < -0.39 is 0 Å². The number of carbonyl (C=O) groups excluding carboxylic acids is 1. The molecule has 1 aromatic heterocycles. The molecule has 0 atom stereocenters. The first kappa shape index (κ1) is 21.2. The first-order valence-electron chi connectivity index (χ1n) is 9.95. The molecule has 0 aliphatic carbocycles. The quantitative estimate of drug-likeness (QED) is 0.539. The number of aryl methyl sites for hydroxylation is 1. The monoisotopic (exact) mass is 405 g/mol. The van der Waals surface area contributed by atoms with Gasteiger partial charge in [-0.15, -0.1) is 0 Å². The number of hydrogen-bond acceptors (Lipinski definition) is 4. The van der Waals surface area contributed by atoms with Crippen LogP contribution in [0.1, 0.15) is 30.3 Å². The molecule has 1 heterocycles. The highest BCUT2D eigenvalue weighted by molar-refractivity contribution is 6.02. The topological polar surface area (TPSA) is 65.4 Å². The number of rotatable bonds is 8. The molecule has 30 heavy (non-hydrogen) atoms. The molecule has 0 saturated heterocycles. The van der Waals surface area contributed by atoms with E-state index in [2.05, 4.69) is 17.3 Å². The third kappa shape index (κ3) is 4.89. The standard InChI is InChI=1S/C24H27N3O3/c1-5-15-30-21-13-11-19(16-22(21)29-4)12-14-23(28)25-24-17(2)26-27(18(24)3)20-9-7-6-8-10-20/h6-14,16H,5,15H2,1-4H3,(H,25,28)/b14-12+. The zero-order chi connectivity index (χ0) is 21.5. The molecule has 0 aliphatic rings. The Morgan fingerprint density at radius 1 is 1.13 bits per heavy atom. The Balaban J connectivity index is 1.73. The van der Waals surface area contributed by atoms with Crippen molar-refractivity contribution in [2.75, 3.05) is 19.0 Å². The molecular weight excluding hydrogens is 378 g/mol. The summed E-state index contributed by atoms with van der Waals surface area (Å²) in [5.41, 5.74) is 4.15. The molecule has 2 aromatic carbocycles. The van der Waals surface area contributed by atoms with Gasteiger partial charge >= 0.3 is 0 Å². The summed E-state index contributed by atoms with van der Waals surface area (Å²) in [6.07, 6.45) is 4.17. The molecule has 1 N–H and O–H groups in total. The number of para-hydroxylation sites is 1. The smallest absolute Gasteiger partial charge is 0.248 e. The lowest BCUT2D eigenvalue weighted by Gasteiger charge is -2.10. The van der Waals surface area contributed by atoms with Crippen LogP contribution in [0.3, 0.4) is 0 Å². The maximum Gasteiger partial charge on any atom is 0.248 e. The molecule has 0 bridgehead atoms. The zero-order valence-electron chi connectivity index (χ0n) is 17.8. The van der Waals surface area contributed by atoms with E-state index in [9.17, 15) is 4.79 Å². The number of hydrogen-bond donors (Lipinski definition) is 1. The van der Waals surface area contributed by atoms with Gasteiger partial charge in [0.2, 0.25) is 5.91 Å². The Morgan fingerprint density at radius 3 is 2.60 bits per heavy atom. The van der Waals surface area contributed by atoms with E-state index in [1.165, 1.54) is 6.08 Å². The molecule has 3 aromatic rings. The van der Waals surface area contributed by atoms with Crippen molar-refractivity contribution in [2.24, 2.45) is 0 Å². The summed E-state index contributed by atoms with van der Waals surface area (Å²) in [6.45, 7) is 6.50. The van der Waals surface area contributed by atoms with E-state index in [0.717, 1.165) is 34.7 Å². The normalized spacial score (nSPS) is 10.9. The highest BCUT2D eigenvalue weighted by Gasteiger charge is 2.14. The highest BCUT2D eigenvalue weighted by atomic mass is 16.5. The van der Waals surface area contributed by atoms with Crippen molar-refractivity contribution in [1.82, 2.24) is 9.78 Å². The maximum absolute atomic E-state index is 12.5. The van der Waals surface area contributed by atoms with Gasteiger partial charge in [-0.2, -0.15) is 5.10 Å². The SMILES string of the molecule is CCCOc1ccc(/C=C/C(=O)Nc2c(C)nn(-c3ccccc3)c2C)cc1OC. The lowest BCUT2D eigenvalue weighted by Crippen LogP contribution is -2.09. The van der Waals surface area contributed by atoms with Crippen LogP contribution in [0.25, 0.3) is 11.8 Å². The van der Waals surface area contributed by atoms with Crippen LogP contribution in [0.4, 0.5) is 5.69 Å². The number of aromatic nitrogens is 2. The Labute approximate surface area is 177 Å². The Kier molecular flexibility index (Phi) is 6.91. The van der Waals surface area contributed by atoms with Crippen LogP contribution in [-0.2, 0) is 4.79 Å². The van der Waals surface area contributed by atoms with E-state index in [0.29, 0.717) is 18.1 Å². The number of carbonyl (C=O) groups is 1. The van der Waals surface area contributed by atoms with Crippen molar-refractivity contribution in [3.05, 3.63) is 71.6 Å². The van der Waals surface area contributed by atoms with E-state index in [1.807, 2.05) is 67.1 Å². The summed E-state index contributed by atoms with van der Waals surface area (Å²) in [4.78, 5) is 12.5. The van der Waals surface area contributed by atoms with E-state index >= 15 is 0 Å². The van der Waals surface area contributed by atoms with Gasteiger partial charge in [-0.1, -0.05) is 31.2 Å². The average Bonchev–Trinajstić information content (AvgIpc) is 3.05. The fourth-order valence-corrected chi connectivity index (χ4v) is 3.10. The summed E-state index contributed by atoms with van der Waals surface area (Å²) in [5, 5.41) is 7.50. The van der Waals surface area contributed by atoms with Crippen molar-refractivity contribution in [3.63, 3.8) is 0 Å². The Bertz CT molecular complexity index is 1040. The van der Waals surface area contributed by atoms with Crippen molar-refractivity contribution in [3.8, 4) is 17.2 Å². The molecule has 0 spiro atoms. The van der Waals surface area contributed by atoms with Gasteiger partial charge in [0.05, 0.1) is 36.5 Å². The van der Waals surface area contributed by atoms with Gasteiger partial charge in [-0.05, 0) is 56.2 Å². The van der Waals surface area contributed by atoms with Crippen LogP contribution in [0, 0.1) is 13.8 Å². The second-order valence-corrected chi connectivity index (χ2v) is 6.87. The number of ether oxygens (including phenoxy) is 2. The van der Waals surface area contributed by atoms with Gasteiger partial charge in [0.25, 0.3) is 0 Å². The number of amides is 1. The third-order valence-corrected chi connectivity index (χ3v) is 4.62. The predicted molar refractivity (Wildman–Crippen MR) is 119 cm³/mol. The third-order valence-electron chi connectivity index (χ3n) is 4.62. The highest BCUT2D eigenvalue weighted by Crippen LogP contribution is 2.29. The summed E-state index contributed by atoms with van der Waals surface area (Å²) in [7, 11) is 1.60. The van der Waals surface area contributed by atoms with Crippen LogP contribution in [0.5, 0.6) is 11.5 Å². The fraction of sp³-hybridized carbons (Fsp3) is 0.250. The molecule has 1 amide bonds. The average molecular weight is 405 g/mol. The van der Waals surface area contributed by atoms with Gasteiger partial charge < -0.3 is 14.8 Å². The Morgan fingerprint density at radius 2 is 1.90 bits per heavy atom. The molecule has 0 saturated carbocycles. The number of anilines is 1. The van der Waals surface area contributed by atoms with Crippen LogP contribution in [0.15, 0.2) is 54.6 Å². The summed E-state index contributed by atoms with van der Waals surface area (Å²) < 4.78 is 12.9. The molecule has 0 unspecified atom stereocenters.